The van der Waals surface area contributed by atoms with E-state index in [1.165, 1.54) is 16.9 Å². The Balaban J connectivity index is 1.68. The molecule has 0 unspecified atom stereocenters. The van der Waals surface area contributed by atoms with E-state index in [4.69, 9.17) is 15.1 Å². The number of hydrogen-bond acceptors (Lipinski definition) is 7. The maximum atomic E-state index is 14.5. The molecule has 2 aromatic rings. The summed E-state index contributed by atoms with van der Waals surface area (Å²) in [6.07, 6.45) is 3.64. The number of primary amides is 1. The van der Waals surface area contributed by atoms with Crippen LogP contribution in [0.4, 0.5) is 15.9 Å². The fraction of sp³-hybridized carbons (Fsp3) is 0.316. The zero-order valence-electron chi connectivity index (χ0n) is 16.1. The number of allylic oxidation sites excluding steroid dienone is 1. The first-order valence-electron chi connectivity index (χ1n) is 9.37. The van der Waals surface area contributed by atoms with E-state index in [2.05, 4.69) is 16.5 Å². The van der Waals surface area contributed by atoms with Gasteiger partial charge in [-0.15, -0.1) is 0 Å². The van der Waals surface area contributed by atoms with E-state index >= 15 is 0 Å². The molecule has 0 spiro atoms. The van der Waals surface area contributed by atoms with Gasteiger partial charge in [-0.3, -0.25) is 9.48 Å². The summed E-state index contributed by atoms with van der Waals surface area (Å²) in [5, 5.41) is 26.4. The number of aromatic nitrogens is 2. The van der Waals surface area contributed by atoms with Crippen LogP contribution in [0.15, 0.2) is 23.8 Å². The van der Waals surface area contributed by atoms with Crippen molar-refractivity contribution in [2.75, 3.05) is 18.5 Å². The van der Waals surface area contributed by atoms with E-state index in [1.54, 1.807) is 19.1 Å². The molecule has 4 N–H and O–H groups in total. The van der Waals surface area contributed by atoms with Gasteiger partial charge >= 0.3 is 7.12 Å². The number of amides is 1. The maximum Gasteiger partial charge on any atom is 0.555 e. The Morgan fingerprint density at radius 3 is 3.07 bits per heavy atom. The third-order valence-corrected chi connectivity index (χ3v) is 5.17. The number of anilines is 2. The van der Waals surface area contributed by atoms with Gasteiger partial charge in [0.05, 0.1) is 24.6 Å². The molecule has 2 atom stereocenters. The fourth-order valence-corrected chi connectivity index (χ4v) is 3.54. The Kier molecular flexibility index (Phi) is 5.19. The summed E-state index contributed by atoms with van der Waals surface area (Å²) in [5.41, 5.74) is 6.88. The van der Waals surface area contributed by atoms with Crippen LogP contribution in [0.3, 0.4) is 0 Å². The summed E-state index contributed by atoms with van der Waals surface area (Å²) in [5.74, 6) is -1.63. The van der Waals surface area contributed by atoms with E-state index < -0.39 is 18.8 Å². The largest absolute Gasteiger partial charge is 0.555 e. The summed E-state index contributed by atoms with van der Waals surface area (Å²) in [6, 6.07) is 4.66. The zero-order chi connectivity index (χ0) is 21.4. The highest BCUT2D eigenvalue weighted by Crippen LogP contribution is 2.35. The minimum absolute atomic E-state index is 0.0597. The fourth-order valence-electron chi connectivity index (χ4n) is 3.54. The molecule has 3 heterocycles. The number of hydrogen-bond donors (Lipinski definition) is 3. The first-order chi connectivity index (χ1) is 14.4. The molecule has 30 heavy (non-hydrogen) atoms. The number of rotatable bonds is 4. The van der Waals surface area contributed by atoms with Crippen LogP contribution in [0.5, 0.6) is 5.75 Å². The van der Waals surface area contributed by atoms with Gasteiger partial charge in [0.2, 0.25) is 0 Å². The highest BCUT2D eigenvalue weighted by Gasteiger charge is 2.30. The molecule has 0 aliphatic carbocycles. The molecule has 2 aliphatic rings. The number of nitrogens with one attached hydrogen (secondary N) is 1. The lowest BCUT2D eigenvalue weighted by molar-refractivity contribution is 0.0342. The SMILES string of the molecule is CC1=Cc2cc(Nc3nn([C@@H]4COCC[C@H]4C#N)cc3C(N)=O)cc(F)c2OB1O. The smallest absolute Gasteiger partial charge is 0.530 e. The van der Waals surface area contributed by atoms with Crippen molar-refractivity contribution in [1.29, 1.82) is 5.26 Å². The lowest BCUT2D eigenvalue weighted by Crippen LogP contribution is -2.29. The van der Waals surface area contributed by atoms with E-state index in [0.29, 0.717) is 29.8 Å². The standard InChI is InChI=1S/C19H19BFN5O4/c1-10-4-12-5-13(6-15(21)17(12)30-20(10)28)24-19-14(18(23)27)8-26(25-19)16-9-29-3-2-11(16)7-22/h4-6,8,11,16,28H,2-3,9H2,1H3,(H2,23,27)(H,24,25)/t11-,16+/m0/s1. The van der Waals surface area contributed by atoms with Gasteiger partial charge in [0.1, 0.15) is 11.3 Å². The van der Waals surface area contributed by atoms with Gasteiger partial charge in [-0.1, -0.05) is 6.08 Å². The predicted octanol–water partition coefficient (Wildman–Crippen LogP) is 1.78. The molecule has 9 nitrogen and oxygen atoms in total. The summed E-state index contributed by atoms with van der Waals surface area (Å²) in [6.45, 7) is 2.44. The van der Waals surface area contributed by atoms with Crippen molar-refractivity contribution < 1.29 is 23.6 Å². The highest BCUT2D eigenvalue weighted by atomic mass is 19.1. The minimum Gasteiger partial charge on any atom is -0.530 e. The summed E-state index contributed by atoms with van der Waals surface area (Å²) in [4.78, 5) is 11.9. The third-order valence-electron chi connectivity index (χ3n) is 5.17. The number of benzene rings is 1. The normalized spacial score (nSPS) is 20.6. The Bertz CT molecular complexity index is 1080. The van der Waals surface area contributed by atoms with E-state index in [1.807, 2.05) is 0 Å². The number of fused-ring (bicyclic) bond motifs is 1. The number of nitrogens with zero attached hydrogens (tertiary/aromatic N) is 3. The van der Waals surface area contributed by atoms with Gasteiger partial charge in [0, 0.05) is 30.1 Å². The average molecular weight is 411 g/mol. The van der Waals surface area contributed by atoms with Crippen molar-refractivity contribution in [1.82, 2.24) is 9.78 Å². The van der Waals surface area contributed by atoms with E-state index in [0.717, 1.165) is 0 Å². The first kappa shape index (κ1) is 19.9. The van der Waals surface area contributed by atoms with Crippen LogP contribution in [0, 0.1) is 23.1 Å². The summed E-state index contributed by atoms with van der Waals surface area (Å²) >= 11 is 0. The second-order valence-corrected chi connectivity index (χ2v) is 7.26. The molecule has 11 heteroatoms. The van der Waals surface area contributed by atoms with Gasteiger partial charge < -0.3 is 25.5 Å². The molecule has 1 saturated heterocycles. The van der Waals surface area contributed by atoms with Crippen LogP contribution in [-0.2, 0) is 4.74 Å². The quantitative estimate of drug-likeness (QED) is 0.653. The molecule has 1 aromatic carbocycles. The molecular formula is C19H19BFN5O4. The lowest BCUT2D eigenvalue weighted by atomic mass is 9.76. The average Bonchev–Trinajstić information content (AvgIpc) is 3.13. The first-order valence-corrected chi connectivity index (χ1v) is 9.37. The molecule has 1 fully saturated rings. The molecule has 1 aromatic heterocycles. The van der Waals surface area contributed by atoms with Crippen molar-refractivity contribution in [2.24, 2.45) is 11.7 Å². The lowest BCUT2D eigenvalue weighted by Gasteiger charge is -2.26. The minimum atomic E-state index is -1.20. The van der Waals surface area contributed by atoms with Crippen LogP contribution in [0.1, 0.15) is 35.3 Å². The Morgan fingerprint density at radius 2 is 2.33 bits per heavy atom. The van der Waals surface area contributed by atoms with Crippen molar-refractivity contribution in [2.45, 2.75) is 19.4 Å². The van der Waals surface area contributed by atoms with Gasteiger partial charge in [-0.05, 0) is 24.9 Å². The zero-order valence-corrected chi connectivity index (χ0v) is 16.1. The van der Waals surface area contributed by atoms with Gasteiger partial charge in [-0.25, -0.2) is 4.39 Å². The van der Waals surface area contributed by atoms with Gasteiger partial charge in [0.25, 0.3) is 5.91 Å². The van der Waals surface area contributed by atoms with Crippen LogP contribution in [0.2, 0.25) is 0 Å². The second kappa shape index (κ2) is 7.81. The third kappa shape index (κ3) is 3.63. The van der Waals surface area contributed by atoms with Crippen molar-refractivity contribution >= 4 is 30.6 Å². The Hall–Kier alpha value is -3.36. The van der Waals surface area contributed by atoms with Gasteiger partial charge in [-0.2, -0.15) is 10.4 Å². The molecule has 0 saturated carbocycles. The molecule has 2 aliphatic heterocycles. The molecule has 0 bridgehead atoms. The highest BCUT2D eigenvalue weighted by molar-refractivity contribution is 6.54. The number of halogens is 1. The molecule has 154 valence electrons. The van der Waals surface area contributed by atoms with Crippen molar-refractivity contribution in [3.8, 4) is 11.8 Å². The van der Waals surface area contributed by atoms with Crippen molar-refractivity contribution in [3.05, 3.63) is 40.7 Å². The van der Waals surface area contributed by atoms with Gasteiger partial charge in [0.15, 0.2) is 11.6 Å². The topological polar surface area (TPSA) is 135 Å². The van der Waals surface area contributed by atoms with Crippen molar-refractivity contribution in [3.63, 3.8) is 0 Å². The predicted molar refractivity (Wildman–Crippen MR) is 106 cm³/mol. The van der Waals surface area contributed by atoms with E-state index in [-0.39, 0.29) is 35.7 Å². The number of nitrogens with two attached hydrogens (primary N) is 1. The summed E-state index contributed by atoms with van der Waals surface area (Å²) < 4.78 is 26.7. The second-order valence-electron chi connectivity index (χ2n) is 7.26. The van der Waals surface area contributed by atoms with Crippen LogP contribution in [0.25, 0.3) is 6.08 Å². The Morgan fingerprint density at radius 1 is 1.53 bits per heavy atom. The van der Waals surface area contributed by atoms with Crippen LogP contribution >= 0.6 is 0 Å². The van der Waals surface area contributed by atoms with E-state index in [9.17, 15) is 19.5 Å². The number of carbonyl (C=O) groups is 1. The van der Waals surface area contributed by atoms with Crippen LogP contribution < -0.4 is 15.7 Å². The number of ether oxygens (including phenoxy) is 1. The Labute approximate surface area is 172 Å². The monoisotopic (exact) mass is 411 g/mol. The maximum absolute atomic E-state index is 14.5. The molecular weight excluding hydrogens is 392 g/mol. The molecule has 1 amide bonds. The molecule has 0 radical (unpaired) electrons. The summed E-state index contributed by atoms with van der Waals surface area (Å²) in [7, 11) is -1.20. The molecule has 4 rings (SSSR count). The van der Waals surface area contributed by atoms with Crippen LogP contribution in [-0.4, -0.2) is 41.0 Å². The number of carbonyl (C=O) groups excluding carboxylic acids is 1. The number of nitriles is 1.